The first-order valence-corrected chi connectivity index (χ1v) is 8.18. The van der Waals surface area contributed by atoms with Gasteiger partial charge in [0, 0.05) is 13.0 Å². The van der Waals surface area contributed by atoms with Gasteiger partial charge in [0.1, 0.15) is 5.82 Å². The molecule has 136 valence electrons. The molecular weight excluding hydrogens is 345 g/mol. The number of rotatable bonds is 5. The molecule has 2 aromatic carbocycles. The highest BCUT2D eigenvalue weighted by molar-refractivity contribution is 5.92. The quantitative estimate of drug-likeness (QED) is 0.712. The van der Waals surface area contributed by atoms with Crippen molar-refractivity contribution < 1.29 is 23.1 Å². The number of fused-ring (bicyclic) bond motifs is 1. The number of aromatic nitrogens is 2. The van der Waals surface area contributed by atoms with E-state index in [9.17, 15) is 18.0 Å². The summed E-state index contributed by atoms with van der Waals surface area (Å²) < 4.78 is 40.1. The number of imidazole rings is 1. The van der Waals surface area contributed by atoms with Gasteiger partial charge in [0.15, 0.2) is 0 Å². The maximum absolute atomic E-state index is 12.7. The molecule has 7 heteroatoms. The molecule has 0 radical (unpaired) electrons. The fraction of sp³-hybridized carbons (Fsp3) is 0.263. The number of aromatic carboxylic acids is 1. The van der Waals surface area contributed by atoms with Crippen molar-refractivity contribution in [1.82, 2.24) is 9.55 Å². The van der Waals surface area contributed by atoms with Gasteiger partial charge in [-0.1, -0.05) is 19.1 Å². The molecule has 1 aromatic heterocycles. The average molecular weight is 362 g/mol. The average Bonchev–Trinajstić information content (AvgIpc) is 2.91. The Labute approximate surface area is 147 Å². The Balaban J connectivity index is 2.00. The van der Waals surface area contributed by atoms with Crippen LogP contribution in [0.1, 0.15) is 40.7 Å². The van der Waals surface area contributed by atoms with E-state index in [1.54, 1.807) is 6.07 Å². The standard InChI is InChI=1S/C19H17F3N2O2/c1-2-3-17-23-15-10-13(18(25)26)6-9-16(15)24(17)11-12-4-7-14(8-5-12)19(20,21)22/h4-10H,2-3,11H2,1H3,(H,25,26). The lowest BCUT2D eigenvalue weighted by Gasteiger charge is -2.11. The van der Waals surface area contributed by atoms with Gasteiger partial charge in [0.25, 0.3) is 0 Å². The van der Waals surface area contributed by atoms with Gasteiger partial charge in [-0.3, -0.25) is 0 Å². The molecule has 0 saturated heterocycles. The van der Waals surface area contributed by atoms with E-state index in [1.165, 1.54) is 24.3 Å². The second kappa shape index (κ2) is 6.82. The fourth-order valence-electron chi connectivity index (χ4n) is 2.89. The lowest BCUT2D eigenvalue weighted by atomic mass is 10.1. The maximum Gasteiger partial charge on any atom is 0.416 e. The third-order valence-corrected chi connectivity index (χ3v) is 4.17. The largest absolute Gasteiger partial charge is 0.478 e. The molecule has 0 atom stereocenters. The van der Waals surface area contributed by atoms with E-state index in [4.69, 9.17) is 5.11 Å². The van der Waals surface area contributed by atoms with Gasteiger partial charge < -0.3 is 9.67 Å². The summed E-state index contributed by atoms with van der Waals surface area (Å²) >= 11 is 0. The Bertz CT molecular complexity index is 944. The van der Waals surface area contributed by atoms with Crippen LogP contribution >= 0.6 is 0 Å². The number of nitrogens with zero attached hydrogens (tertiary/aromatic N) is 2. The zero-order chi connectivity index (χ0) is 18.9. The monoisotopic (exact) mass is 362 g/mol. The lowest BCUT2D eigenvalue weighted by Crippen LogP contribution is -2.07. The van der Waals surface area contributed by atoms with Gasteiger partial charge >= 0.3 is 12.1 Å². The van der Waals surface area contributed by atoms with E-state index in [-0.39, 0.29) is 5.56 Å². The molecule has 1 heterocycles. The van der Waals surface area contributed by atoms with Crippen molar-refractivity contribution in [1.29, 1.82) is 0 Å². The fourth-order valence-corrected chi connectivity index (χ4v) is 2.89. The van der Waals surface area contributed by atoms with E-state index in [0.29, 0.717) is 18.5 Å². The smallest absolute Gasteiger partial charge is 0.416 e. The van der Waals surface area contributed by atoms with Gasteiger partial charge in [-0.15, -0.1) is 0 Å². The van der Waals surface area contributed by atoms with Crippen molar-refractivity contribution in [3.05, 3.63) is 65.0 Å². The molecule has 0 amide bonds. The summed E-state index contributed by atoms with van der Waals surface area (Å²) in [7, 11) is 0. The van der Waals surface area contributed by atoms with E-state index in [1.807, 2.05) is 11.5 Å². The molecule has 1 N–H and O–H groups in total. The summed E-state index contributed by atoms with van der Waals surface area (Å²) in [6.45, 7) is 2.38. The highest BCUT2D eigenvalue weighted by Gasteiger charge is 2.29. The predicted molar refractivity (Wildman–Crippen MR) is 91.2 cm³/mol. The minimum Gasteiger partial charge on any atom is -0.478 e. The molecule has 0 aliphatic carbocycles. The molecule has 0 bridgehead atoms. The number of aryl methyl sites for hydroxylation is 1. The van der Waals surface area contributed by atoms with Crippen molar-refractivity contribution in [2.24, 2.45) is 0 Å². The number of halogens is 3. The lowest BCUT2D eigenvalue weighted by molar-refractivity contribution is -0.137. The minimum atomic E-state index is -4.36. The van der Waals surface area contributed by atoms with E-state index < -0.39 is 17.7 Å². The molecule has 0 saturated carbocycles. The van der Waals surface area contributed by atoms with Gasteiger partial charge in [-0.2, -0.15) is 13.2 Å². The van der Waals surface area contributed by atoms with Crippen LogP contribution in [0.2, 0.25) is 0 Å². The first-order valence-electron chi connectivity index (χ1n) is 8.18. The Kier molecular flexibility index (Phi) is 4.71. The molecule has 0 aliphatic heterocycles. The molecule has 0 spiro atoms. The first kappa shape index (κ1) is 18.0. The van der Waals surface area contributed by atoms with Crippen molar-refractivity contribution in [3.63, 3.8) is 0 Å². The third kappa shape index (κ3) is 3.56. The Morgan fingerprint density at radius 2 is 1.85 bits per heavy atom. The SMILES string of the molecule is CCCc1nc2cc(C(=O)O)ccc2n1Cc1ccc(C(F)(F)F)cc1. The number of benzene rings is 2. The molecule has 3 rings (SSSR count). The molecule has 3 aromatic rings. The molecule has 0 unspecified atom stereocenters. The first-order chi connectivity index (χ1) is 12.3. The molecular formula is C19H17F3N2O2. The Morgan fingerprint density at radius 1 is 1.15 bits per heavy atom. The number of hydrogen-bond donors (Lipinski definition) is 1. The van der Waals surface area contributed by atoms with Crippen LogP contribution in [0.5, 0.6) is 0 Å². The third-order valence-electron chi connectivity index (χ3n) is 4.17. The molecule has 4 nitrogen and oxygen atoms in total. The number of alkyl halides is 3. The zero-order valence-corrected chi connectivity index (χ0v) is 14.0. The van der Waals surface area contributed by atoms with Crippen LogP contribution in [0.4, 0.5) is 13.2 Å². The van der Waals surface area contributed by atoms with Gasteiger partial charge in [-0.05, 0) is 42.3 Å². The topological polar surface area (TPSA) is 55.1 Å². The number of hydrogen-bond acceptors (Lipinski definition) is 2. The number of carbonyl (C=O) groups is 1. The Morgan fingerprint density at radius 3 is 2.42 bits per heavy atom. The van der Waals surface area contributed by atoms with Gasteiger partial charge in [0.2, 0.25) is 0 Å². The summed E-state index contributed by atoms with van der Waals surface area (Å²) in [6.07, 6.45) is -2.82. The summed E-state index contributed by atoms with van der Waals surface area (Å²) in [6, 6.07) is 9.75. The van der Waals surface area contributed by atoms with Crippen molar-refractivity contribution in [2.75, 3.05) is 0 Å². The molecule has 26 heavy (non-hydrogen) atoms. The molecule has 0 aliphatic rings. The van der Waals surface area contributed by atoms with E-state index >= 15 is 0 Å². The van der Waals surface area contributed by atoms with Crippen LogP contribution in [0.15, 0.2) is 42.5 Å². The molecule has 0 fully saturated rings. The minimum absolute atomic E-state index is 0.153. The second-order valence-corrected chi connectivity index (χ2v) is 6.07. The summed E-state index contributed by atoms with van der Waals surface area (Å²) in [5.41, 5.74) is 1.52. The van der Waals surface area contributed by atoms with Crippen LogP contribution in [0.3, 0.4) is 0 Å². The highest BCUT2D eigenvalue weighted by atomic mass is 19.4. The second-order valence-electron chi connectivity index (χ2n) is 6.07. The van der Waals surface area contributed by atoms with Crippen LogP contribution in [-0.4, -0.2) is 20.6 Å². The van der Waals surface area contributed by atoms with Gasteiger partial charge in [0.05, 0.1) is 22.2 Å². The summed E-state index contributed by atoms with van der Waals surface area (Å²) in [4.78, 5) is 15.7. The summed E-state index contributed by atoms with van der Waals surface area (Å²) in [5.74, 6) is -0.244. The van der Waals surface area contributed by atoms with Crippen LogP contribution in [-0.2, 0) is 19.1 Å². The maximum atomic E-state index is 12.7. The van der Waals surface area contributed by atoms with Crippen LogP contribution < -0.4 is 0 Å². The predicted octanol–water partition coefficient (Wildman–Crippen LogP) is 4.75. The number of carboxylic acid groups (broad SMARTS) is 1. The van der Waals surface area contributed by atoms with Crippen LogP contribution in [0.25, 0.3) is 11.0 Å². The number of carboxylic acids is 1. The van der Waals surface area contributed by atoms with Crippen LogP contribution in [0, 0.1) is 0 Å². The summed E-state index contributed by atoms with van der Waals surface area (Å²) in [5, 5.41) is 9.12. The van der Waals surface area contributed by atoms with E-state index in [0.717, 1.165) is 35.5 Å². The van der Waals surface area contributed by atoms with Crippen molar-refractivity contribution >= 4 is 17.0 Å². The van der Waals surface area contributed by atoms with E-state index in [2.05, 4.69) is 4.98 Å². The highest BCUT2D eigenvalue weighted by Crippen LogP contribution is 2.29. The Hall–Kier alpha value is -2.83. The van der Waals surface area contributed by atoms with Crippen molar-refractivity contribution in [3.8, 4) is 0 Å². The normalized spacial score (nSPS) is 11.8. The zero-order valence-electron chi connectivity index (χ0n) is 14.0. The van der Waals surface area contributed by atoms with Gasteiger partial charge in [-0.25, -0.2) is 9.78 Å². The van der Waals surface area contributed by atoms with Crippen molar-refractivity contribution in [2.45, 2.75) is 32.5 Å².